The molecule has 0 aliphatic rings. The number of aromatic nitrogens is 1. The molecule has 1 amide bonds. The second-order valence-electron chi connectivity index (χ2n) is 6.32. The van der Waals surface area contributed by atoms with Crippen LogP contribution in [-0.4, -0.2) is 29.6 Å². The molecular weight excluding hydrogens is 406 g/mol. The third kappa shape index (κ3) is 4.41. The molecule has 3 rings (SSSR count). The van der Waals surface area contributed by atoms with E-state index in [4.69, 9.17) is 9.47 Å². The minimum absolute atomic E-state index is 0.0361. The van der Waals surface area contributed by atoms with E-state index in [-0.39, 0.29) is 5.69 Å². The summed E-state index contributed by atoms with van der Waals surface area (Å²) in [7, 11) is 3.19. The van der Waals surface area contributed by atoms with Gasteiger partial charge in [0.1, 0.15) is 21.7 Å². The van der Waals surface area contributed by atoms with Crippen LogP contribution in [0.25, 0.3) is 16.3 Å². The van der Waals surface area contributed by atoms with E-state index in [0.717, 1.165) is 16.6 Å². The lowest BCUT2D eigenvalue weighted by atomic mass is 10.2. The van der Waals surface area contributed by atoms with Crippen molar-refractivity contribution in [2.24, 2.45) is 4.99 Å². The maximum Gasteiger partial charge on any atom is 0.272 e. The molecule has 0 N–H and O–H groups in total. The van der Waals surface area contributed by atoms with Crippen molar-refractivity contribution in [3.63, 3.8) is 0 Å². The molecule has 0 bridgehead atoms. The number of thiazole rings is 1. The van der Waals surface area contributed by atoms with Gasteiger partial charge in [0.2, 0.25) is 0 Å². The first kappa shape index (κ1) is 21.3. The minimum Gasteiger partial charge on any atom is -0.495 e. The molecule has 3 aromatic rings. The SMILES string of the molecule is CCCn1c(=NC(=O)/C=C/c2cccc([N+](=O)[O-])c2)sc2c(OC)ccc(OC)c21. The zero-order valence-corrected chi connectivity index (χ0v) is 17.6. The third-order valence-electron chi connectivity index (χ3n) is 4.34. The van der Waals surface area contributed by atoms with Gasteiger partial charge < -0.3 is 14.0 Å². The number of hydrogen-bond donors (Lipinski definition) is 0. The molecule has 2 aromatic carbocycles. The smallest absolute Gasteiger partial charge is 0.272 e. The molecule has 0 saturated heterocycles. The highest BCUT2D eigenvalue weighted by molar-refractivity contribution is 7.16. The van der Waals surface area contributed by atoms with Gasteiger partial charge in [0.25, 0.3) is 11.6 Å². The number of methoxy groups -OCH3 is 2. The van der Waals surface area contributed by atoms with Crippen LogP contribution in [0.4, 0.5) is 5.69 Å². The van der Waals surface area contributed by atoms with Gasteiger partial charge in [-0.2, -0.15) is 4.99 Å². The van der Waals surface area contributed by atoms with E-state index in [2.05, 4.69) is 4.99 Å². The van der Waals surface area contributed by atoms with Crippen LogP contribution >= 0.6 is 11.3 Å². The van der Waals surface area contributed by atoms with Gasteiger partial charge in [-0.3, -0.25) is 14.9 Å². The molecule has 0 radical (unpaired) electrons. The van der Waals surface area contributed by atoms with E-state index < -0.39 is 10.8 Å². The molecule has 0 unspecified atom stereocenters. The summed E-state index contributed by atoms with van der Waals surface area (Å²) >= 11 is 1.35. The standard InChI is InChI=1S/C21H21N3O5S/c1-4-12-23-19-16(28-2)9-10-17(29-3)20(19)30-21(23)22-18(25)11-8-14-6-5-7-15(13-14)24(26)27/h5-11,13H,4,12H2,1-3H3/b11-8+,22-21?. The maximum absolute atomic E-state index is 12.5. The summed E-state index contributed by atoms with van der Waals surface area (Å²) < 4.78 is 13.8. The number of ether oxygens (including phenoxy) is 2. The van der Waals surface area contributed by atoms with Gasteiger partial charge in [-0.15, -0.1) is 0 Å². The van der Waals surface area contributed by atoms with Crippen molar-refractivity contribution in [1.82, 2.24) is 4.57 Å². The third-order valence-corrected chi connectivity index (χ3v) is 5.44. The number of amides is 1. The highest BCUT2D eigenvalue weighted by atomic mass is 32.1. The number of nitrogens with zero attached hydrogens (tertiary/aromatic N) is 3. The van der Waals surface area contributed by atoms with Gasteiger partial charge in [0.15, 0.2) is 4.80 Å². The van der Waals surface area contributed by atoms with Crippen molar-refractivity contribution in [3.05, 3.63) is 63.0 Å². The van der Waals surface area contributed by atoms with Crippen molar-refractivity contribution < 1.29 is 19.2 Å². The molecule has 156 valence electrons. The normalized spacial score (nSPS) is 11.9. The molecule has 0 aliphatic heterocycles. The fourth-order valence-electron chi connectivity index (χ4n) is 3.01. The first-order valence-corrected chi connectivity index (χ1v) is 10.1. The summed E-state index contributed by atoms with van der Waals surface area (Å²) in [6.45, 7) is 2.70. The number of fused-ring (bicyclic) bond motifs is 1. The molecule has 0 atom stereocenters. The summed E-state index contributed by atoms with van der Waals surface area (Å²) in [4.78, 5) is 27.7. The highest BCUT2D eigenvalue weighted by Crippen LogP contribution is 2.35. The Hall–Kier alpha value is -3.46. The zero-order chi connectivity index (χ0) is 21.7. The van der Waals surface area contributed by atoms with Gasteiger partial charge >= 0.3 is 0 Å². The van der Waals surface area contributed by atoms with Gasteiger partial charge in [-0.05, 0) is 30.2 Å². The summed E-state index contributed by atoms with van der Waals surface area (Å²) in [5.41, 5.74) is 1.35. The van der Waals surface area contributed by atoms with Crippen molar-refractivity contribution >= 4 is 39.2 Å². The Kier molecular flexibility index (Phi) is 6.63. The first-order valence-electron chi connectivity index (χ1n) is 9.24. The van der Waals surface area contributed by atoms with Crippen LogP contribution in [0.1, 0.15) is 18.9 Å². The number of rotatable bonds is 7. The maximum atomic E-state index is 12.5. The van der Waals surface area contributed by atoms with Crippen LogP contribution in [0, 0.1) is 10.1 Å². The Morgan fingerprint density at radius 2 is 1.97 bits per heavy atom. The summed E-state index contributed by atoms with van der Waals surface area (Å²) in [6.07, 6.45) is 3.66. The van der Waals surface area contributed by atoms with Crippen LogP contribution < -0.4 is 14.3 Å². The average Bonchev–Trinajstić information content (AvgIpc) is 3.10. The van der Waals surface area contributed by atoms with Gasteiger partial charge in [0, 0.05) is 24.8 Å². The number of nitro groups is 1. The van der Waals surface area contributed by atoms with Crippen LogP contribution in [0.3, 0.4) is 0 Å². The number of nitro benzene ring substituents is 1. The summed E-state index contributed by atoms with van der Waals surface area (Å²) in [5, 5.41) is 10.9. The van der Waals surface area contributed by atoms with Crippen LogP contribution in [0.15, 0.2) is 47.5 Å². The second kappa shape index (κ2) is 9.36. The number of carbonyl (C=O) groups is 1. The van der Waals surface area contributed by atoms with Crippen molar-refractivity contribution in [2.75, 3.05) is 14.2 Å². The number of carbonyl (C=O) groups excluding carboxylic acids is 1. The Bertz CT molecular complexity index is 1190. The highest BCUT2D eigenvalue weighted by Gasteiger charge is 2.16. The van der Waals surface area contributed by atoms with Crippen LogP contribution in [-0.2, 0) is 11.3 Å². The van der Waals surface area contributed by atoms with E-state index in [9.17, 15) is 14.9 Å². The molecule has 0 fully saturated rings. The largest absolute Gasteiger partial charge is 0.495 e. The van der Waals surface area contributed by atoms with Crippen molar-refractivity contribution in [2.45, 2.75) is 19.9 Å². The van der Waals surface area contributed by atoms with Crippen molar-refractivity contribution in [3.8, 4) is 11.5 Å². The molecule has 0 saturated carbocycles. The van der Waals surface area contributed by atoms with E-state index in [1.807, 2.05) is 23.6 Å². The zero-order valence-electron chi connectivity index (χ0n) is 16.8. The van der Waals surface area contributed by atoms with Crippen LogP contribution in [0.5, 0.6) is 11.5 Å². The monoisotopic (exact) mass is 427 g/mol. The van der Waals surface area contributed by atoms with E-state index >= 15 is 0 Å². The van der Waals surface area contributed by atoms with Gasteiger partial charge in [-0.25, -0.2) is 0 Å². The molecule has 0 spiro atoms. The fourth-order valence-corrected chi connectivity index (χ4v) is 4.18. The number of hydrogen-bond acceptors (Lipinski definition) is 6. The second-order valence-corrected chi connectivity index (χ2v) is 7.30. The number of non-ortho nitro benzene ring substituents is 1. The topological polar surface area (TPSA) is 96.0 Å². The number of aryl methyl sites for hydroxylation is 1. The molecule has 1 heterocycles. The quantitative estimate of drug-likeness (QED) is 0.320. The van der Waals surface area contributed by atoms with E-state index in [1.54, 1.807) is 26.4 Å². The molecule has 30 heavy (non-hydrogen) atoms. The Balaban J connectivity index is 2.04. The van der Waals surface area contributed by atoms with E-state index in [0.29, 0.717) is 28.4 Å². The molecule has 8 nitrogen and oxygen atoms in total. The molecule has 0 aliphatic carbocycles. The van der Waals surface area contributed by atoms with Crippen molar-refractivity contribution in [1.29, 1.82) is 0 Å². The summed E-state index contributed by atoms with van der Waals surface area (Å²) in [5.74, 6) is 0.897. The van der Waals surface area contributed by atoms with Gasteiger partial charge in [-0.1, -0.05) is 30.4 Å². The number of benzene rings is 2. The Labute approximate surface area is 176 Å². The van der Waals surface area contributed by atoms with Crippen LogP contribution in [0.2, 0.25) is 0 Å². The Morgan fingerprint density at radius 1 is 1.23 bits per heavy atom. The lowest BCUT2D eigenvalue weighted by Crippen LogP contribution is -2.16. The first-order chi connectivity index (χ1) is 14.5. The lowest BCUT2D eigenvalue weighted by molar-refractivity contribution is -0.384. The molecule has 1 aromatic heterocycles. The van der Waals surface area contributed by atoms with E-state index in [1.165, 1.54) is 35.6 Å². The minimum atomic E-state index is -0.477. The lowest BCUT2D eigenvalue weighted by Gasteiger charge is -2.09. The Morgan fingerprint density at radius 3 is 2.63 bits per heavy atom. The predicted octanol–water partition coefficient (Wildman–Crippen LogP) is 4.18. The predicted molar refractivity (Wildman–Crippen MR) is 116 cm³/mol. The average molecular weight is 427 g/mol. The molecular formula is C21H21N3O5S. The fraction of sp³-hybridized carbons (Fsp3) is 0.238. The summed E-state index contributed by atoms with van der Waals surface area (Å²) in [6, 6.07) is 9.70. The van der Waals surface area contributed by atoms with Gasteiger partial charge in [0.05, 0.1) is 19.1 Å². The molecule has 9 heteroatoms.